The van der Waals surface area contributed by atoms with E-state index in [0.29, 0.717) is 0 Å². The Morgan fingerprint density at radius 3 is 2.03 bits per heavy atom. The first-order chi connectivity index (χ1) is 15.8. The Hall–Kier alpha value is -3.17. The molecule has 0 saturated carbocycles. The smallest absolute Gasteiger partial charge is 0.140 e. The summed E-state index contributed by atoms with van der Waals surface area (Å²) in [7, 11) is 0. The average Bonchev–Trinajstić information content (AvgIpc) is 3.25. The lowest BCUT2D eigenvalue weighted by atomic mass is 10.1. The monoisotopic (exact) mass is 423 g/mol. The van der Waals surface area contributed by atoms with E-state index in [-0.39, 0.29) is 0 Å². The van der Waals surface area contributed by atoms with Crippen molar-refractivity contribution in [2.75, 3.05) is 6.54 Å². The highest BCUT2D eigenvalue weighted by atomic mass is 15.2. The highest BCUT2D eigenvalue weighted by molar-refractivity contribution is 5.55. The second-order valence-electron chi connectivity index (χ2n) is 8.38. The molecule has 4 rings (SSSR count). The van der Waals surface area contributed by atoms with Crippen LogP contribution in [0.5, 0.6) is 0 Å². The molecule has 0 fully saturated rings. The number of benzene rings is 3. The van der Waals surface area contributed by atoms with E-state index in [1.54, 1.807) is 0 Å². The van der Waals surface area contributed by atoms with Crippen molar-refractivity contribution in [2.45, 2.75) is 45.8 Å². The highest BCUT2D eigenvalue weighted by Crippen LogP contribution is 2.22. The number of nitrogens with zero attached hydrogens (tertiary/aromatic N) is 3. The lowest BCUT2D eigenvalue weighted by Crippen LogP contribution is -2.26. The molecule has 32 heavy (non-hydrogen) atoms. The first kappa shape index (κ1) is 22.0. The van der Waals surface area contributed by atoms with Crippen LogP contribution in [-0.2, 0) is 26.1 Å². The number of hydrogen-bond acceptors (Lipinski definition) is 2. The van der Waals surface area contributed by atoms with E-state index in [4.69, 9.17) is 4.98 Å². The molecule has 0 atom stereocenters. The maximum atomic E-state index is 4.85. The second-order valence-corrected chi connectivity index (χ2v) is 8.38. The zero-order valence-electron chi connectivity index (χ0n) is 19.0. The van der Waals surface area contributed by atoms with Gasteiger partial charge in [-0.15, -0.1) is 0 Å². The van der Waals surface area contributed by atoms with Gasteiger partial charge in [-0.25, -0.2) is 4.98 Å². The Morgan fingerprint density at radius 2 is 1.38 bits per heavy atom. The van der Waals surface area contributed by atoms with Gasteiger partial charge in [-0.2, -0.15) is 0 Å². The van der Waals surface area contributed by atoms with E-state index >= 15 is 0 Å². The summed E-state index contributed by atoms with van der Waals surface area (Å²) in [5.41, 5.74) is 5.22. The third kappa shape index (κ3) is 5.95. The van der Waals surface area contributed by atoms with Gasteiger partial charge < -0.3 is 4.57 Å². The molecule has 0 aliphatic carbocycles. The summed E-state index contributed by atoms with van der Waals surface area (Å²) in [6.07, 6.45) is 5.46. The van der Waals surface area contributed by atoms with Gasteiger partial charge in [0, 0.05) is 31.7 Å². The zero-order valence-corrected chi connectivity index (χ0v) is 19.0. The van der Waals surface area contributed by atoms with E-state index in [1.165, 1.54) is 28.8 Å². The maximum Gasteiger partial charge on any atom is 0.140 e. The van der Waals surface area contributed by atoms with Crippen LogP contribution in [0.3, 0.4) is 0 Å². The van der Waals surface area contributed by atoms with Crippen molar-refractivity contribution in [3.05, 3.63) is 114 Å². The number of unbranched alkanes of at least 4 members (excludes halogenated alkanes) is 1. The quantitative estimate of drug-likeness (QED) is 0.271. The summed E-state index contributed by atoms with van der Waals surface area (Å²) >= 11 is 0. The predicted octanol–water partition coefficient (Wildman–Crippen LogP) is 6.60. The van der Waals surface area contributed by atoms with Crippen LogP contribution in [0.4, 0.5) is 0 Å². The van der Waals surface area contributed by atoms with Gasteiger partial charge in [-0.05, 0) is 24.0 Å². The van der Waals surface area contributed by atoms with Crippen LogP contribution in [-0.4, -0.2) is 21.0 Å². The lowest BCUT2D eigenvalue weighted by Gasteiger charge is -2.24. The van der Waals surface area contributed by atoms with Gasteiger partial charge in [-0.1, -0.05) is 104 Å². The number of aromatic nitrogens is 2. The molecule has 3 aromatic carbocycles. The number of rotatable bonds is 11. The van der Waals surface area contributed by atoms with Crippen LogP contribution in [0, 0.1) is 0 Å². The van der Waals surface area contributed by atoms with Crippen molar-refractivity contribution in [1.29, 1.82) is 0 Å². The maximum absolute atomic E-state index is 4.85. The third-order valence-corrected chi connectivity index (χ3v) is 5.90. The van der Waals surface area contributed by atoms with Crippen molar-refractivity contribution >= 4 is 0 Å². The van der Waals surface area contributed by atoms with Gasteiger partial charge in [0.1, 0.15) is 5.82 Å². The van der Waals surface area contributed by atoms with Crippen LogP contribution in [0.25, 0.3) is 11.4 Å². The molecule has 1 aromatic heterocycles. The minimum atomic E-state index is 0.894. The minimum Gasteiger partial charge on any atom is -0.327 e. The van der Waals surface area contributed by atoms with Crippen molar-refractivity contribution < 1.29 is 0 Å². The van der Waals surface area contributed by atoms with Gasteiger partial charge in [0.25, 0.3) is 0 Å². The van der Waals surface area contributed by atoms with Crippen LogP contribution in [0.2, 0.25) is 0 Å². The van der Waals surface area contributed by atoms with E-state index in [0.717, 1.165) is 44.8 Å². The molecule has 0 aliphatic rings. The fourth-order valence-corrected chi connectivity index (χ4v) is 4.14. The van der Waals surface area contributed by atoms with Crippen molar-refractivity contribution in [3.63, 3.8) is 0 Å². The summed E-state index contributed by atoms with van der Waals surface area (Å²) in [6.45, 7) is 6.10. The molecule has 3 nitrogen and oxygen atoms in total. The number of hydrogen-bond donors (Lipinski definition) is 0. The topological polar surface area (TPSA) is 21.1 Å². The van der Waals surface area contributed by atoms with Gasteiger partial charge in [0.05, 0.1) is 11.9 Å². The van der Waals surface area contributed by atoms with Crippen LogP contribution in [0.1, 0.15) is 36.6 Å². The molecular weight excluding hydrogens is 390 g/mol. The van der Waals surface area contributed by atoms with Gasteiger partial charge >= 0.3 is 0 Å². The Labute approximate surface area is 192 Å². The second kappa shape index (κ2) is 11.4. The molecule has 0 N–H and O–H groups in total. The number of imidazole rings is 1. The summed E-state index contributed by atoms with van der Waals surface area (Å²) in [5, 5.41) is 0. The van der Waals surface area contributed by atoms with Gasteiger partial charge in [0.15, 0.2) is 0 Å². The van der Waals surface area contributed by atoms with Gasteiger partial charge in [0.2, 0.25) is 0 Å². The summed E-state index contributed by atoms with van der Waals surface area (Å²) < 4.78 is 2.43. The largest absolute Gasteiger partial charge is 0.327 e. The molecule has 4 aromatic rings. The molecular formula is C29H33N3. The molecule has 0 spiro atoms. The molecule has 0 radical (unpaired) electrons. The van der Waals surface area contributed by atoms with E-state index in [9.17, 15) is 0 Å². The third-order valence-electron chi connectivity index (χ3n) is 5.90. The molecule has 0 aliphatic heterocycles. The molecule has 0 bridgehead atoms. The minimum absolute atomic E-state index is 0.894. The first-order valence-corrected chi connectivity index (χ1v) is 11.7. The lowest BCUT2D eigenvalue weighted by molar-refractivity contribution is 0.253. The van der Waals surface area contributed by atoms with E-state index in [2.05, 4.69) is 114 Å². The predicted molar refractivity (Wildman–Crippen MR) is 133 cm³/mol. The summed E-state index contributed by atoms with van der Waals surface area (Å²) in [5.74, 6) is 1.08. The van der Waals surface area contributed by atoms with Crippen molar-refractivity contribution in [2.24, 2.45) is 0 Å². The molecule has 3 heteroatoms. The summed E-state index contributed by atoms with van der Waals surface area (Å²) in [4.78, 5) is 7.41. The van der Waals surface area contributed by atoms with Gasteiger partial charge in [-0.3, -0.25) is 4.90 Å². The van der Waals surface area contributed by atoms with Crippen LogP contribution < -0.4 is 0 Å². The fourth-order valence-electron chi connectivity index (χ4n) is 4.14. The summed E-state index contributed by atoms with van der Waals surface area (Å²) in [6, 6.07) is 32.1. The molecule has 0 saturated heterocycles. The normalized spacial score (nSPS) is 11.2. The molecule has 0 amide bonds. The van der Waals surface area contributed by atoms with E-state index in [1.807, 2.05) is 0 Å². The molecule has 1 heterocycles. The zero-order chi connectivity index (χ0) is 22.0. The Bertz CT molecular complexity index is 1060. The SMILES string of the molecule is CCCCn1c(CN(CCc2ccccc2)Cc2ccccc2)cnc1-c1ccccc1. The Kier molecular flexibility index (Phi) is 7.89. The van der Waals surface area contributed by atoms with Crippen LogP contribution in [0.15, 0.2) is 97.2 Å². The average molecular weight is 424 g/mol. The highest BCUT2D eigenvalue weighted by Gasteiger charge is 2.15. The standard InChI is InChI=1S/C29H33N3/c1-2-3-20-32-28(22-30-29(32)27-17-11-6-12-18-27)24-31(23-26-15-9-5-10-16-26)21-19-25-13-7-4-8-14-25/h4-18,22H,2-3,19-21,23-24H2,1H3. The molecule has 164 valence electrons. The first-order valence-electron chi connectivity index (χ1n) is 11.7. The Morgan fingerprint density at radius 1 is 0.750 bits per heavy atom. The van der Waals surface area contributed by atoms with Crippen LogP contribution >= 0.6 is 0 Å². The van der Waals surface area contributed by atoms with Crippen molar-refractivity contribution in [1.82, 2.24) is 14.5 Å². The molecule has 0 unspecified atom stereocenters. The fraction of sp³-hybridized carbons (Fsp3) is 0.276. The van der Waals surface area contributed by atoms with E-state index < -0.39 is 0 Å². The van der Waals surface area contributed by atoms with Crippen molar-refractivity contribution in [3.8, 4) is 11.4 Å². The Balaban J connectivity index is 1.57.